The molecule has 19 heavy (non-hydrogen) atoms. The van der Waals surface area contributed by atoms with Crippen LogP contribution < -0.4 is 0 Å². The molecular formula is C14H19NO4. The maximum absolute atomic E-state index is 11.6. The second-order valence-electron chi connectivity index (χ2n) is 5.02. The molecule has 0 aromatic heterocycles. The molecule has 1 aliphatic carbocycles. The summed E-state index contributed by atoms with van der Waals surface area (Å²) >= 11 is 0. The standard InChI is InChI=1S/C14H19NO4/c16-12-6-7-13(17)15(12)9-8-14(18)19-10-11-4-2-1-3-5-11/h1-2,11H,3-10H2. The highest BCUT2D eigenvalue weighted by Crippen LogP contribution is 2.18. The zero-order valence-electron chi connectivity index (χ0n) is 11.0. The van der Waals surface area contributed by atoms with E-state index in [1.54, 1.807) is 0 Å². The van der Waals surface area contributed by atoms with Crippen LogP contribution in [0.15, 0.2) is 12.2 Å². The number of nitrogens with zero attached hydrogens (tertiary/aromatic N) is 1. The second kappa shape index (κ2) is 6.50. The minimum atomic E-state index is -0.331. The Labute approximate surface area is 112 Å². The molecule has 1 aliphatic heterocycles. The first-order valence-electron chi connectivity index (χ1n) is 6.80. The summed E-state index contributed by atoms with van der Waals surface area (Å²) in [6.07, 6.45) is 7.93. The Hall–Kier alpha value is -1.65. The van der Waals surface area contributed by atoms with Crippen molar-refractivity contribution in [1.29, 1.82) is 0 Å². The van der Waals surface area contributed by atoms with Crippen LogP contribution in [-0.2, 0) is 19.1 Å². The molecular weight excluding hydrogens is 246 g/mol. The minimum Gasteiger partial charge on any atom is -0.465 e. The third-order valence-electron chi connectivity index (χ3n) is 3.55. The molecule has 1 heterocycles. The summed E-state index contributed by atoms with van der Waals surface area (Å²) in [5.74, 6) is -0.295. The Morgan fingerprint density at radius 2 is 2.00 bits per heavy atom. The largest absolute Gasteiger partial charge is 0.465 e. The predicted octanol–water partition coefficient (Wildman–Crippen LogP) is 1.42. The van der Waals surface area contributed by atoms with Crippen LogP contribution in [0.4, 0.5) is 0 Å². The average molecular weight is 265 g/mol. The summed E-state index contributed by atoms with van der Waals surface area (Å²) in [6, 6.07) is 0. The van der Waals surface area contributed by atoms with Gasteiger partial charge in [-0.25, -0.2) is 0 Å². The fourth-order valence-corrected chi connectivity index (χ4v) is 2.37. The topological polar surface area (TPSA) is 63.7 Å². The van der Waals surface area contributed by atoms with Gasteiger partial charge in [-0.1, -0.05) is 12.2 Å². The Morgan fingerprint density at radius 1 is 1.26 bits per heavy atom. The van der Waals surface area contributed by atoms with Gasteiger partial charge in [-0.05, 0) is 25.2 Å². The number of carbonyl (C=O) groups excluding carboxylic acids is 3. The van der Waals surface area contributed by atoms with Gasteiger partial charge in [0.1, 0.15) is 0 Å². The van der Waals surface area contributed by atoms with Crippen LogP contribution in [0.5, 0.6) is 0 Å². The van der Waals surface area contributed by atoms with Crippen molar-refractivity contribution < 1.29 is 19.1 Å². The second-order valence-corrected chi connectivity index (χ2v) is 5.02. The van der Waals surface area contributed by atoms with Gasteiger partial charge in [0.05, 0.1) is 13.0 Å². The molecule has 0 aromatic carbocycles. The fourth-order valence-electron chi connectivity index (χ4n) is 2.37. The first-order chi connectivity index (χ1) is 9.16. The first kappa shape index (κ1) is 13.8. The number of carbonyl (C=O) groups is 3. The average Bonchev–Trinajstić information content (AvgIpc) is 2.75. The van der Waals surface area contributed by atoms with E-state index in [9.17, 15) is 14.4 Å². The Kier molecular flexibility index (Phi) is 4.71. The third-order valence-corrected chi connectivity index (χ3v) is 3.55. The number of amides is 2. The number of hydrogen-bond donors (Lipinski definition) is 0. The molecule has 0 saturated carbocycles. The molecule has 5 nitrogen and oxygen atoms in total. The van der Waals surface area contributed by atoms with Crippen LogP contribution in [0, 0.1) is 5.92 Å². The molecule has 0 radical (unpaired) electrons. The summed E-state index contributed by atoms with van der Waals surface area (Å²) in [7, 11) is 0. The summed E-state index contributed by atoms with van der Waals surface area (Å²) < 4.78 is 5.19. The fraction of sp³-hybridized carbons (Fsp3) is 0.643. The zero-order chi connectivity index (χ0) is 13.7. The van der Waals surface area contributed by atoms with E-state index >= 15 is 0 Å². The summed E-state index contributed by atoms with van der Waals surface area (Å²) in [4.78, 5) is 35.4. The molecule has 0 bridgehead atoms. The third kappa shape index (κ3) is 3.91. The predicted molar refractivity (Wildman–Crippen MR) is 68.0 cm³/mol. The van der Waals surface area contributed by atoms with Crippen LogP contribution >= 0.6 is 0 Å². The van der Waals surface area contributed by atoms with E-state index in [4.69, 9.17) is 4.74 Å². The number of rotatable bonds is 5. The summed E-state index contributed by atoms with van der Waals surface area (Å²) in [6.45, 7) is 0.589. The van der Waals surface area contributed by atoms with Crippen LogP contribution in [0.2, 0.25) is 0 Å². The molecule has 2 amide bonds. The van der Waals surface area contributed by atoms with Crippen LogP contribution in [0.25, 0.3) is 0 Å². The molecule has 5 heteroatoms. The van der Waals surface area contributed by atoms with Gasteiger partial charge in [0.2, 0.25) is 11.8 Å². The summed E-state index contributed by atoms with van der Waals surface area (Å²) in [5, 5.41) is 0. The SMILES string of the molecule is O=C(CCN1C(=O)CCC1=O)OCC1CC=CCC1. The number of likely N-dealkylation sites (tertiary alicyclic amines) is 1. The van der Waals surface area contributed by atoms with Gasteiger partial charge in [0, 0.05) is 19.4 Å². The van der Waals surface area contributed by atoms with Crippen LogP contribution in [-0.4, -0.2) is 35.8 Å². The van der Waals surface area contributed by atoms with Gasteiger partial charge in [-0.15, -0.1) is 0 Å². The van der Waals surface area contributed by atoms with E-state index in [1.165, 1.54) is 0 Å². The lowest BCUT2D eigenvalue weighted by molar-refractivity contribution is -0.146. The molecule has 1 unspecified atom stereocenters. The summed E-state index contributed by atoms with van der Waals surface area (Å²) in [5.41, 5.74) is 0. The molecule has 1 saturated heterocycles. The van der Waals surface area contributed by atoms with Crippen molar-refractivity contribution in [3.05, 3.63) is 12.2 Å². The minimum absolute atomic E-state index is 0.0973. The van der Waals surface area contributed by atoms with E-state index in [0.29, 0.717) is 12.5 Å². The van der Waals surface area contributed by atoms with Crippen molar-refractivity contribution in [2.75, 3.05) is 13.2 Å². The lowest BCUT2D eigenvalue weighted by atomic mass is 9.95. The number of esters is 1. The van der Waals surface area contributed by atoms with E-state index in [0.717, 1.165) is 24.2 Å². The number of imide groups is 1. The van der Waals surface area contributed by atoms with E-state index in [2.05, 4.69) is 12.2 Å². The molecule has 1 fully saturated rings. The Morgan fingerprint density at radius 3 is 2.63 bits per heavy atom. The number of ether oxygens (including phenoxy) is 1. The Balaban J connectivity index is 1.65. The van der Waals surface area contributed by atoms with E-state index < -0.39 is 0 Å². The van der Waals surface area contributed by atoms with Crippen molar-refractivity contribution in [2.45, 2.75) is 38.5 Å². The molecule has 0 aromatic rings. The van der Waals surface area contributed by atoms with Gasteiger partial charge >= 0.3 is 5.97 Å². The molecule has 2 rings (SSSR count). The van der Waals surface area contributed by atoms with E-state index in [1.807, 2.05) is 0 Å². The lowest BCUT2D eigenvalue weighted by Crippen LogP contribution is -2.31. The van der Waals surface area contributed by atoms with Gasteiger partial charge in [-0.3, -0.25) is 19.3 Å². The van der Waals surface area contributed by atoms with Crippen LogP contribution in [0.3, 0.4) is 0 Å². The highest BCUT2D eigenvalue weighted by atomic mass is 16.5. The first-order valence-corrected chi connectivity index (χ1v) is 6.80. The monoisotopic (exact) mass is 265 g/mol. The lowest BCUT2D eigenvalue weighted by Gasteiger charge is -2.18. The van der Waals surface area contributed by atoms with Crippen molar-refractivity contribution in [3.63, 3.8) is 0 Å². The van der Waals surface area contributed by atoms with Gasteiger partial charge in [0.25, 0.3) is 0 Å². The molecule has 104 valence electrons. The Bertz CT molecular complexity index is 386. The van der Waals surface area contributed by atoms with Gasteiger partial charge < -0.3 is 4.74 Å². The normalized spacial score (nSPS) is 22.9. The van der Waals surface area contributed by atoms with Crippen LogP contribution in [0.1, 0.15) is 38.5 Å². The molecule has 2 aliphatic rings. The van der Waals surface area contributed by atoms with Gasteiger partial charge in [-0.2, -0.15) is 0 Å². The van der Waals surface area contributed by atoms with Gasteiger partial charge in [0.15, 0.2) is 0 Å². The number of hydrogen-bond acceptors (Lipinski definition) is 4. The van der Waals surface area contributed by atoms with Crippen molar-refractivity contribution in [1.82, 2.24) is 4.90 Å². The number of allylic oxidation sites excluding steroid dienone is 2. The molecule has 0 spiro atoms. The van der Waals surface area contributed by atoms with Crippen molar-refractivity contribution in [2.24, 2.45) is 5.92 Å². The maximum Gasteiger partial charge on any atom is 0.307 e. The zero-order valence-corrected chi connectivity index (χ0v) is 11.0. The van der Waals surface area contributed by atoms with Crippen molar-refractivity contribution in [3.8, 4) is 0 Å². The quantitative estimate of drug-likeness (QED) is 0.428. The molecule has 0 N–H and O–H groups in total. The van der Waals surface area contributed by atoms with Crippen molar-refractivity contribution >= 4 is 17.8 Å². The molecule has 1 atom stereocenters. The highest BCUT2D eigenvalue weighted by Gasteiger charge is 2.29. The maximum atomic E-state index is 11.6. The highest BCUT2D eigenvalue weighted by molar-refractivity contribution is 6.02. The van der Waals surface area contributed by atoms with E-state index in [-0.39, 0.29) is 43.6 Å². The smallest absolute Gasteiger partial charge is 0.307 e.